The number of anilines is 3. The van der Waals surface area contributed by atoms with E-state index >= 15 is 0 Å². The quantitative estimate of drug-likeness (QED) is 0.429. The summed E-state index contributed by atoms with van der Waals surface area (Å²) in [6, 6.07) is 20.7. The molecule has 0 aliphatic rings. The number of carbonyl (C=O) groups excluding carboxylic acids is 3. The molecular formula is C24H21NO6. The maximum absolute atomic E-state index is 11.8. The van der Waals surface area contributed by atoms with E-state index in [1.807, 2.05) is 4.90 Å². The minimum Gasteiger partial charge on any atom is -0.465 e. The molecule has 0 radical (unpaired) electrons. The summed E-state index contributed by atoms with van der Waals surface area (Å²) in [5.41, 5.74) is 3.58. The third-order valence-corrected chi connectivity index (χ3v) is 4.64. The SMILES string of the molecule is COC(=O)c1ccc(N(c2ccc(C(=O)OC)cc2)c2ccc(C(=O)OC)cc2)cc1. The Bertz CT molecular complexity index is 931. The summed E-state index contributed by atoms with van der Waals surface area (Å²) < 4.78 is 14.3. The second kappa shape index (κ2) is 9.58. The molecule has 0 N–H and O–H groups in total. The van der Waals surface area contributed by atoms with E-state index in [0.29, 0.717) is 16.7 Å². The Hall–Kier alpha value is -4.13. The number of esters is 3. The highest BCUT2D eigenvalue weighted by molar-refractivity contribution is 5.92. The minimum absolute atomic E-state index is 0.424. The van der Waals surface area contributed by atoms with Crippen LogP contribution < -0.4 is 4.90 Å². The smallest absolute Gasteiger partial charge is 0.337 e. The number of methoxy groups -OCH3 is 3. The maximum Gasteiger partial charge on any atom is 0.337 e. The van der Waals surface area contributed by atoms with Crippen LogP contribution in [0.5, 0.6) is 0 Å². The topological polar surface area (TPSA) is 82.1 Å². The lowest BCUT2D eigenvalue weighted by molar-refractivity contribution is 0.0592. The van der Waals surface area contributed by atoms with Crippen molar-refractivity contribution in [2.24, 2.45) is 0 Å². The zero-order valence-electron chi connectivity index (χ0n) is 17.3. The Labute approximate surface area is 179 Å². The van der Waals surface area contributed by atoms with Crippen LogP contribution in [0.2, 0.25) is 0 Å². The van der Waals surface area contributed by atoms with Gasteiger partial charge in [0.1, 0.15) is 0 Å². The molecular weight excluding hydrogens is 398 g/mol. The van der Waals surface area contributed by atoms with Gasteiger partial charge in [0.2, 0.25) is 0 Å². The molecule has 3 aromatic rings. The zero-order chi connectivity index (χ0) is 22.4. The Kier molecular flexibility index (Phi) is 6.67. The zero-order valence-corrected chi connectivity index (χ0v) is 17.3. The molecule has 0 spiro atoms. The van der Waals surface area contributed by atoms with Crippen LogP contribution in [0.15, 0.2) is 72.8 Å². The first-order valence-corrected chi connectivity index (χ1v) is 9.33. The number of hydrogen-bond donors (Lipinski definition) is 0. The average molecular weight is 419 g/mol. The van der Waals surface area contributed by atoms with E-state index in [1.54, 1.807) is 72.8 Å². The van der Waals surface area contributed by atoms with Crippen LogP contribution in [-0.4, -0.2) is 39.2 Å². The third kappa shape index (κ3) is 4.72. The summed E-state index contributed by atoms with van der Waals surface area (Å²) in [6.45, 7) is 0. The van der Waals surface area contributed by atoms with Crippen LogP contribution in [0.1, 0.15) is 31.1 Å². The van der Waals surface area contributed by atoms with Crippen molar-refractivity contribution in [3.05, 3.63) is 89.5 Å². The molecule has 0 aromatic heterocycles. The van der Waals surface area contributed by atoms with Gasteiger partial charge in [-0.15, -0.1) is 0 Å². The van der Waals surface area contributed by atoms with Crippen LogP contribution in [0, 0.1) is 0 Å². The standard InChI is InChI=1S/C24H21NO6/c1-29-22(26)16-4-10-19(11-5-16)25(20-12-6-17(7-13-20)23(27)30-2)21-14-8-18(9-15-21)24(28)31-3/h4-15H,1-3H3. The largest absolute Gasteiger partial charge is 0.465 e. The molecule has 7 nitrogen and oxygen atoms in total. The normalized spacial score (nSPS) is 10.2. The van der Waals surface area contributed by atoms with Crippen LogP contribution in [0.25, 0.3) is 0 Å². The molecule has 7 heteroatoms. The average Bonchev–Trinajstić information content (AvgIpc) is 2.84. The van der Waals surface area contributed by atoms with Gasteiger partial charge in [0, 0.05) is 17.1 Å². The first-order chi connectivity index (χ1) is 15.0. The summed E-state index contributed by atoms with van der Waals surface area (Å²) in [5, 5.41) is 0. The second-order valence-electron chi connectivity index (χ2n) is 6.45. The molecule has 0 aliphatic heterocycles. The van der Waals surface area contributed by atoms with Gasteiger partial charge in [-0.05, 0) is 72.8 Å². The highest BCUT2D eigenvalue weighted by Crippen LogP contribution is 2.35. The summed E-state index contributed by atoms with van der Waals surface area (Å²) in [6.07, 6.45) is 0. The minimum atomic E-state index is -0.428. The fraction of sp³-hybridized carbons (Fsp3) is 0.125. The molecule has 3 aromatic carbocycles. The Balaban J connectivity index is 2.04. The van der Waals surface area contributed by atoms with Gasteiger partial charge >= 0.3 is 17.9 Å². The predicted molar refractivity (Wildman–Crippen MR) is 115 cm³/mol. The number of benzene rings is 3. The van der Waals surface area contributed by atoms with Gasteiger partial charge in [0.25, 0.3) is 0 Å². The van der Waals surface area contributed by atoms with Crippen molar-refractivity contribution < 1.29 is 28.6 Å². The fourth-order valence-corrected chi connectivity index (χ4v) is 3.04. The maximum atomic E-state index is 11.8. The van der Waals surface area contributed by atoms with E-state index in [-0.39, 0.29) is 0 Å². The molecule has 0 atom stereocenters. The number of hydrogen-bond acceptors (Lipinski definition) is 7. The molecule has 0 amide bonds. The van der Waals surface area contributed by atoms with Gasteiger partial charge in [-0.25, -0.2) is 14.4 Å². The van der Waals surface area contributed by atoms with E-state index < -0.39 is 17.9 Å². The Morgan fingerprint density at radius 3 is 0.903 bits per heavy atom. The van der Waals surface area contributed by atoms with Crippen molar-refractivity contribution in [3.8, 4) is 0 Å². The van der Waals surface area contributed by atoms with Crippen LogP contribution >= 0.6 is 0 Å². The van der Waals surface area contributed by atoms with E-state index in [0.717, 1.165) is 17.1 Å². The molecule has 0 saturated heterocycles. The van der Waals surface area contributed by atoms with Crippen molar-refractivity contribution in [1.82, 2.24) is 0 Å². The molecule has 0 fully saturated rings. The highest BCUT2D eigenvalue weighted by Gasteiger charge is 2.16. The van der Waals surface area contributed by atoms with E-state index in [1.165, 1.54) is 21.3 Å². The molecule has 0 heterocycles. The lowest BCUT2D eigenvalue weighted by Crippen LogP contribution is -2.11. The predicted octanol–water partition coefficient (Wildman–Crippen LogP) is 4.52. The van der Waals surface area contributed by atoms with Gasteiger partial charge in [-0.3, -0.25) is 0 Å². The number of rotatable bonds is 6. The van der Waals surface area contributed by atoms with Gasteiger partial charge in [-0.2, -0.15) is 0 Å². The fourth-order valence-electron chi connectivity index (χ4n) is 3.04. The summed E-state index contributed by atoms with van der Waals surface area (Å²) >= 11 is 0. The van der Waals surface area contributed by atoms with Crippen molar-refractivity contribution in [2.75, 3.05) is 26.2 Å². The summed E-state index contributed by atoms with van der Waals surface area (Å²) in [7, 11) is 3.98. The molecule has 0 saturated carbocycles. The van der Waals surface area contributed by atoms with Crippen LogP contribution in [0.4, 0.5) is 17.1 Å². The summed E-state index contributed by atoms with van der Waals surface area (Å²) in [5.74, 6) is -1.28. The van der Waals surface area contributed by atoms with Gasteiger partial charge < -0.3 is 19.1 Å². The summed E-state index contributed by atoms with van der Waals surface area (Å²) in [4.78, 5) is 37.2. The number of carbonyl (C=O) groups is 3. The first-order valence-electron chi connectivity index (χ1n) is 9.33. The number of nitrogens with zero attached hydrogens (tertiary/aromatic N) is 1. The van der Waals surface area contributed by atoms with Crippen LogP contribution in [0.3, 0.4) is 0 Å². The molecule has 0 aliphatic carbocycles. The Morgan fingerprint density at radius 2 is 0.710 bits per heavy atom. The van der Waals surface area contributed by atoms with Crippen molar-refractivity contribution in [1.29, 1.82) is 0 Å². The van der Waals surface area contributed by atoms with Crippen molar-refractivity contribution >= 4 is 35.0 Å². The van der Waals surface area contributed by atoms with E-state index in [9.17, 15) is 14.4 Å². The molecule has 0 unspecified atom stereocenters. The lowest BCUT2D eigenvalue weighted by atomic mass is 10.1. The molecule has 31 heavy (non-hydrogen) atoms. The third-order valence-electron chi connectivity index (χ3n) is 4.64. The monoisotopic (exact) mass is 419 g/mol. The van der Waals surface area contributed by atoms with Crippen molar-refractivity contribution in [3.63, 3.8) is 0 Å². The van der Waals surface area contributed by atoms with E-state index in [2.05, 4.69) is 0 Å². The van der Waals surface area contributed by atoms with Gasteiger partial charge in [0.15, 0.2) is 0 Å². The van der Waals surface area contributed by atoms with Crippen molar-refractivity contribution in [2.45, 2.75) is 0 Å². The first kappa shape index (κ1) is 21.6. The van der Waals surface area contributed by atoms with Crippen LogP contribution in [-0.2, 0) is 14.2 Å². The molecule has 3 rings (SSSR count). The van der Waals surface area contributed by atoms with Gasteiger partial charge in [-0.1, -0.05) is 0 Å². The second-order valence-corrected chi connectivity index (χ2v) is 6.45. The van der Waals surface area contributed by atoms with Gasteiger partial charge in [0.05, 0.1) is 38.0 Å². The Morgan fingerprint density at radius 1 is 0.484 bits per heavy atom. The number of ether oxygens (including phenoxy) is 3. The lowest BCUT2D eigenvalue weighted by Gasteiger charge is -2.26. The molecule has 158 valence electrons. The highest BCUT2D eigenvalue weighted by atomic mass is 16.5. The van der Waals surface area contributed by atoms with E-state index in [4.69, 9.17) is 14.2 Å². The molecule has 0 bridgehead atoms.